The van der Waals surface area contributed by atoms with Crippen LogP contribution in [0.1, 0.15) is 40.0 Å². The second kappa shape index (κ2) is 9.15. The van der Waals surface area contributed by atoms with Crippen LogP contribution in [0.4, 0.5) is 18.9 Å². The Bertz CT molecular complexity index is 925. The lowest BCUT2D eigenvalue weighted by Crippen LogP contribution is -2.48. The van der Waals surface area contributed by atoms with Gasteiger partial charge in [-0.1, -0.05) is 26.8 Å². The summed E-state index contributed by atoms with van der Waals surface area (Å²) in [6, 6.07) is 3.37. The lowest BCUT2D eigenvalue weighted by molar-refractivity contribution is -0.126. The first-order valence-electron chi connectivity index (χ1n) is 9.70. The molecule has 174 valence electrons. The number of ether oxygens (including phenoxy) is 1. The summed E-state index contributed by atoms with van der Waals surface area (Å²) < 4.78 is 67.0. The van der Waals surface area contributed by atoms with Crippen LogP contribution in [0.5, 0.6) is 0 Å². The molecule has 1 aliphatic rings. The summed E-state index contributed by atoms with van der Waals surface area (Å²) in [6.07, 6.45) is 0.755. The summed E-state index contributed by atoms with van der Waals surface area (Å²) >= 11 is 0. The molecule has 7 nitrogen and oxygen atoms in total. The molecule has 31 heavy (non-hydrogen) atoms. The summed E-state index contributed by atoms with van der Waals surface area (Å²) in [4.78, 5) is 24.2. The number of halogens is 3. The maximum absolute atomic E-state index is 12.8. The lowest BCUT2D eigenvalue weighted by Gasteiger charge is -2.26. The van der Waals surface area contributed by atoms with E-state index in [4.69, 9.17) is 4.74 Å². The molecule has 11 heteroatoms. The molecular formula is C20H27F3N2O5S. The van der Waals surface area contributed by atoms with Crippen LogP contribution in [0.2, 0.25) is 0 Å². The number of hydrogen-bond donors (Lipinski definition) is 2. The number of carbonyl (C=O) groups excluding carboxylic acids is 2. The SMILES string of the molecule is CO[C@H]1CC[C@H](C(=O)Nc2cccc(S(=O)(=O)C(F)(F)F)c2)[C@@H]1NC(=O)CC(C)(C)C. The van der Waals surface area contributed by atoms with E-state index >= 15 is 0 Å². The van der Waals surface area contributed by atoms with Crippen LogP contribution in [-0.2, 0) is 24.2 Å². The first-order chi connectivity index (χ1) is 14.2. The number of alkyl halides is 3. The first-order valence-corrected chi connectivity index (χ1v) is 11.2. The molecule has 0 saturated heterocycles. The number of amides is 2. The van der Waals surface area contributed by atoms with Gasteiger partial charge in [0.15, 0.2) is 0 Å². The van der Waals surface area contributed by atoms with Crippen LogP contribution in [-0.4, -0.2) is 45.0 Å². The van der Waals surface area contributed by atoms with Gasteiger partial charge in [0.2, 0.25) is 11.8 Å². The van der Waals surface area contributed by atoms with E-state index in [0.29, 0.717) is 12.8 Å². The molecular weight excluding hydrogens is 437 g/mol. The lowest BCUT2D eigenvalue weighted by atomic mass is 9.91. The summed E-state index contributed by atoms with van der Waals surface area (Å²) in [6.45, 7) is 5.71. The molecule has 2 amide bonds. The van der Waals surface area contributed by atoms with Crippen LogP contribution in [0.25, 0.3) is 0 Å². The number of sulfone groups is 1. The van der Waals surface area contributed by atoms with Gasteiger partial charge in [0.05, 0.1) is 23.0 Å². The predicted octanol–water partition coefficient (Wildman–Crippen LogP) is 3.26. The van der Waals surface area contributed by atoms with Crippen molar-refractivity contribution in [3.63, 3.8) is 0 Å². The number of rotatable bonds is 6. The highest BCUT2D eigenvalue weighted by molar-refractivity contribution is 7.92. The highest BCUT2D eigenvalue weighted by atomic mass is 32.2. The number of hydrogen-bond acceptors (Lipinski definition) is 5. The van der Waals surface area contributed by atoms with Gasteiger partial charge in [0.1, 0.15) is 0 Å². The van der Waals surface area contributed by atoms with Crippen molar-refractivity contribution in [3.8, 4) is 0 Å². The van der Waals surface area contributed by atoms with Crippen molar-refractivity contribution < 1.29 is 35.9 Å². The van der Waals surface area contributed by atoms with E-state index in [2.05, 4.69) is 10.6 Å². The zero-order valence-corrected chi connectivity index (χ0v) is 18.6. The fourth-order valence-electron chi connectivity index (χ4n) is 3.54. The van der Waals surface area contributed by atoms with E-state index in [1.165, 1.54) is 13.2 Å². The predicted molar refractivity (Wildman–Crippen MR) is 108 cm³/mol. The molecule has 1 aromatic carbocycles. The quantitative estimate of drug-likeness (QED) is 0.673. The number of nitrogens with one attached hydrogen (secondary N) is 2. The first kappa shape index (κ1) is 25.1. The average molecular weight is 465 g/mol. The number of benzene rings is 1. The van der Waals surface area contributed by atoms with E-state index in [9.17, 15) is 31.2 Å². The topological polar surface area (TPSA) is 102 Å². The molecule has 0 heterocycles. The Labute approximate surface area is 179 Å². The highest BCUT2D eigenvalue weighted by Crippen LogP contribution is 2.33. The molecule has 1 saturated carbocycles. The highest BCUT2D eigenvalue weighted by Gasteiger charge is 2.47. The minimum Gasteiger partial charge on any atom is -0.379 e. The summed E-state index contributed by atoms with van der Waals surface area (Å²) in [5.74, 6) is -1.46. The van der Waals surface area contributed by atoms with E-state index in [0.717, 1.165) is 18.2 Å². The third kappa shape index (κ3) is 6.19. The fourth-order valence-corrected chi connectivity index (χ4v) is 4.35. The minimum atomic E-state index is -5.54. The molecule has 2 rings (SSSR count). The van der Waals surface area contributed by atoms with Gasteiger partial charge < -0.3 is 15.4 Å². The van der Waals surface area contributed by atoms with Crippen LogP contribution < -0.4 is 10.6 Å². The fraction of sp³-hybridized carbons (Fsp3) is 0.600. The van der Waals surface area contributed by atoms with Crippen molar-refractivity contribution in [1.29, 1.82) is 0 Å². The molecule has 3 atom stereocenters. The van der Waals surface area contributed by atoms with Gasteiger partial charge in [-0.3, -0.25) is 9.59 Å². The van der Waals surface area contributed by atoms with Gasteiger partial charge in [-0.15, -0.1) is 0 Å². The standard InChI is InChI=1S/C20H27F3N2O5S/c1-19(2,3)11-16(26)25-17-14(8-9-15(17)30-4)18(27)24-12-6-5-7-13(10-12)31(28,29)20(21,22)23/h5-7,10,14-15,17H,8-9,11H2,1-4H3,(H,24,27)(H,25,26)/t14-,15-,17-/m0/s1. The van der Waals surface area contributed by atoms with E-state index < -0.39 is 44.2 Å². The van der Waals surface area contributed by atoms with Crippen LogP contribution >= 0.6 is 0 Å². The zero-order chi connectivity index (χ0) is 23.6. The van der Waals surface area contributed by atoms with Crippen LogP contribution in [0.15, 0.2) is 29.2 Å². The van der Waals surface area contributed by atoms with E-state index in [-0.39, 0.29) is 23.4 Å². The average Bonchev–Trinajstić information content (AvgIpc) is 3.01. The summed E-state index contributed by atoms with van der Waals surface area (Å²) in [5.41, 5.74) is -5.79. The molecule has 0 aliphatic heterocycles. The molecule has 0 aromatic heterocycles. The smallest absolute Gasteiger partial charge is 0.379 e. The minimum absolute atomic E-state index is 0.0871. The van der Waals surface area contributed by atoms with E-state index in [1.807, 2.05) is 20.8 Å². The summed E-state index contributed by atoms with van der Waals surface area (Å²) in [5, 5.41) is 5.31. The van der Waals surface area contributed by atoms with Crippen molar-refractivity contribution in [2.24, 2.45) is 11.3 Å². The Morgan fingerprint density at radius 1 is 1.16 bits per heavy atom. The Balaban J connectivity index is 2.18. The van der Waals surface area contributed by atoms with Gasteiger partial charge >= 0.3 is 5.51 Å². The van der Waals surface area contributed by atoms with Gasteiger partial charge in [-0.2, -0.15) is 13.2 Å². The van der Waals surface area contributed by atoms with Gasteiger partial charge in [0.25, 0.3) is 9.84 Å². The van der Waals surface area contributed by atoms with Gasteiger partial charge in [-0.25, -0.2) is 8.42 Å². The zero-order valence-electron chi connectivity index (χ0n) is 17.7. The largest absolute Gasteiger partial charge is 0.501 e. The van der Waals surface area contributed by atoms with Gasteiger partial charge in [-0.05, 0) is 36.5 Å². The summed E-state index contributed by atoms with van der Waals surface area (Å²) in [7, 11) is -4.07. The molecule has 0 bridgehead atoms. The van der Waals surface area contributed by atoms with Crippen molar-refractivity contribution in [2.45, 2.75) is 62.6 Å². The number of carbonyl (C=O) groups is 2. The molecule has 0 radical (unpaired) electrons. The molecule has 0 unspecified atom stereocenters. The van der Waals surface area contributed by atoms with Crippen molar-refractivity contribution in [3.05, 3.63) is 24.3 Å². The van der Waals surface area contributed by atoms with Crippen LogP contribution in [0.3, 0.4) is 0 Å². The second-order valence-corrected chi connectivity index (χ2v) is 10.7. The molecule has 0 spiro atoms. The Kier molecular flexibility index (Phi) is 7.42. The molecule has 2 N–H and O–H groups in total. The Hall–Kier alpha value is -2.14. The molecule has 1 aliphatic carbocycles. The Morgan fingerprint density at radius 3 is 2.35 bits per heavy atom. The molecule has 1 aromatic rings. The third-order valence-electron chi connectivity index (χ3n) is 4.97. The maximum Gasteiger partial charge on any atom is 0.501 e. The maximum atomic E-state index is 12.8. The Morgan fingerprint density at radius 2 is 1.81 bits per heavy atom. The number of methoxy groups -OCH3 is 1. The van der Waals surface area contributed by atoms with Gasteiger partial charge in [0, 0.05) is 19.2 Å². The monoisotopic (exact) mass is 464 g/mol. The number of anilines is 1. The van der Waals surface area contributed by atoms with Crippen molar-refractivity contribution >= 4 is 27.3 Å². The third-order valence-corrected chi connectivity index (χ3v) is 6.45. The van der Waals surface area contributed by atoms with E-state index in [1.54, 1.807) is 0 Å². The van der Waals surface area contributed by atoms with Crippen LogP contribution in [0, 0.1) is 11.3 Å². The van der Waals surface area contributed by atoms with Crippen molar-refractivity contribution in [2.75, 3.05) is 12.4 Å². The van der Waals surface area contributed by atoms with Crippen molar-refractivity contribution in [1.82, 2.24) is 5.32 Å². The second-order valence-electron chi connectivity index (χ2n) is 8.75. The normalized spacial score (nSPS) is 22.2. The molecule has 1 fully saturated rings.